The van der Waals surface area contributed by atoms with Gasteiger partial charge in [0.15, 0.2) is 11.6 Å². The molecule has 2 atom stereocenters. The second kappa shape index (κ2) is 35.2. The van der Waals surface area contributed by atoms with E-state index in [1.807, 2.05) is 28.7 Å². The Balaban J connectivity index is 0.000000292. The van der Waals surface area contributed by atoms with Crippen LogP contribution in [0.25, 0.3) is 0 Å². The van der Waals surface area contributed by atoms with Gasteiger partial charge in [0.1, 0.15) is 17.9 Å². The van der Waals surface area contributed by atoms with Crippen LogP contribution in [-0.2, 0) is 65.3 Å². The smallest absolute Gasteiger partial charge is 0.277 e. The molecule has 0 aliphatic carbocycles. The topological polar surface area (TPSA) is 299 Å². The summed E-state index contributed by atoms with van der Waals surface area (Å²) in [5, 5.41) is 6.86. The largest absolute Gasteiger partial charge is 0.379 e. The first-order chi connectivity index (χ1) is 42.6. The number of aryl methyl sites for hydroxylation is 2. The number of nitrogens with one attached hydrogen (secondary N) is 4. The van der Waals surface area contributed by atoms with E-state index in [-0.39, 0.29) is 60.2 Å². The molecule has 2 fully saturated rings. The van der Waals surface area contributed by atoms with Gasteiger partial charge in [-0.25, -0.2) is 18.7 Å². The van der Waals surface area contributed by atoms with Crippen LogP contribution in [0, 0.1) is 21.0 Å². The van der Waals surface area contributed by atoms with E-state index in [1.54, 1.807) is 36.4 Å². The highest BCUT2D eigenvalue weighted by atomic mass is 127. The van der Waals surface area contributed by atoms with Crippen LogP contribution >= 0.6 is 22.6 Å². The van der Waals surface area contributed by atoms with Gasteiger partial charge in [-0.2, -0.15) is 0 Å². The van der Waals surface area contributed by atoms with E-state index < -0.39 is 88.4 Å². The number of carbonyl (C=O) groups excluding carboxylic acids is 9. The number of rotatable bonds is 35. The van der Waals surface area contributed by atoms with Crippen molar-refractivity contribution in [2.45, 2.75) is 89.1 Å². The summed E-state index contributed by atoms with van der Waals surface area (Å²) >= 11 is 1.92. The summed E-state index contributed by atoms with van der Waals surface area (Å²) in [5.41, 5.74) is 9.55. The summed E-state index contributed by atoms with van der Waals surface area (Å²) in [4.78, 5) is 118. The Morgan fingerprint density at radius 1 is 0.523 bits per heavy atom. The first kappa shape index (κ1) is 68.4. The lowest BCUT2D eigenvalue weighted by Crippen LogP contribution is -2.54. The zero-order valence-corrected chi connectivity index (χ0v) is 50.6. The third kappa shape index (κ3) is 19.5. The van der Waals surface area contributed by atoms with Gasteiger partial charge in [0.25, 0.3) is 29.5 Å². The Morgan fingerprint density at radius 2 is 0.977 bits per heavy atom. The van der Waals surface area contributed by atoms with E-state index in [4.69, 9.17) is 39.0 Å². The van der Waals surface area contributed by atoms with Crippen LogP contribution < -0.4 is 27.2 Å². The van der Waals surface area contributed by atoms with Crippen molar-refractivity contribution in [1.29, 1.82) is 0 Å². The van der Waals surface area contributed by atoms with Crippen molar-refractivity contribution in [3.63, 3.8) is 0 Å². The number of amides is 9. The van der Waals surface area contributed by atoms with Gasteiger partial charge in [0.05, 0.1) is 105 Å². The molecule has 4 aliphatic heterocycles. The molecule has 4 heterocycles. The minimum absolute atomic E-state index is 0.0686. The highest BCUT2D eigenvalue weighted by Crippen LogP contribution is 2.32. The van der Waals surface area contributed by atoms with Crippen LogP contribution in [0.1, 0.15) is 127 Å². The number of hydroxylamine groups is 1. The maximum atomic E-state index is 14.6. The Labute approximate surface area is 519 Å². The molecule has 23 nitrogen and oxygen atoms in total. The highest BCUT2D eigenvalue weighted by molar-refractivity contribution is 14.1. The molecule has 474 valence electrons. The summed E-state index contributed by atoms with van der Waals surface area (Å²) in [6.07, 6.45) is 6.31. The molecule has 2 saturated heterocycles. The van der Waals surface area contributed by atoms with Gasteiger partial charge >= 0.3 is 0 Å². The third-order valence-electron chi connectivity index (χ3n) is 14.2. The molecule has 27 heteroatoms. The number of carbonyl (C=O) groups is 9. The molecule has 4 aromatic carbocycles. The quantitative estimate of drug-likeness (QED) is 0.0158. The molecule has 88 heavy (non-hydrogen) atoms. The first-order valence-electron chi connectivity index (χ1n) is 29.1. The SMILES string of the molecule is NCCOCCOCCOCCCc1ccc2c(c1)C(=O)N(C1CCC(=O)NC1=O)C2=O.O=C1CCC(N2C(=O)c3ccc(CCCOCCOCCOCCCCCCONC(=O)c4ccc(F)c(F)c4Nc4ccc(I)cc4F)cc3C2=O)C(=O)N1. The van der Waals surface area contributed by atoms with E-state index >= 15 is 0 Å². The molecule has 4 aliphatic rings. The number of nitrogens with zero attached hydrogens (tertiary/aromatic N) is 2. The van der Waals surface area contributed by atoms with Gasteiger partial charge in [-0.1, -0.05) is 25.0 Å². The minimum Gasteiger partial charge on any atom is -0.379 e. The van der Waals surface area contributed by atoms with Crippen molar-refractivity contribution in [2.75, 3.05) is 97.8 Å². The number of ether oxygens (including phenoxy) is 6. The molecule has 0 radical (unpaired) electrons. The van der Waals surface area contributed by atoms with Gasteiger partial charge in [-0.3, -0.25) is 68.4 Å². The molecule has 2 unspecified atom stereocenters. The predicted octanol–water partition coefficient (Wildman–Crippen LogP) is 5.79. The maximum Gasteiger partial charge on any atom is 0.277 e. The van der Waals surface area contributed by atoms with Crippen molar-refractivity contribution in [3.8, 4) is 0 Å². The molecular weight excluding hydrogens is 1270 g/mol. The van der Waals surface area contributed by atoms with Crippen LogP contribution in [0.4, 0.5) is 24.5 Å². The molecule has 0 aromatic heterocycles. The van der Waals surface area contributed by atoms with Crippen LogP contribution in [0.2, 0.25) is 0 Å². The van der Waals surface area contributed by atoms with E-state index in [0.717, 1.165) is 58.7 Å². The van der Waals surface area contributed by atoms with Gasteiger partial charge in [-0.05, 0) is 140 Å². The van der Waals surface area contributed by atoms with Gasteiger partial charge in [0, 0.05) is 42.8 Å². The van der Waals surface area contributed by atoms with Crippen molar-refractivity contribution in [2.24, 2.45) is 5.73 Å². The number of halogens is 4. The number of hydrogen-bond donors (Lipinski definition) is 5. The molecular formula is C61H71F3IN7O16. The molecule has 0 saturated carbocycles. The molecule has 9 amide bonds. The number of hydrogen-bond acceptors (Lipinski definition) is 18. The fraction of sp³-hybridized carbons (Fsp3) is 0.459. The zero-order valence-electron chi connectivity index (χ0n) is 48.4. The van der Waals surface area contributed by atoms with Crippen molar-refractivity contribution >= 4 is 87.1 Å². The maximum absolute atomic E-state index is 14.6. The minimum atomic E-state index is -1.32. The summed E-state index contributed by atoms with van der Waals surface area (Å²) in [7, 11) is 0. The van der Waals surface area contributed by atoms with E-state index in [2.05, 4.69) is 21.4 Å². The Hall–Kier alpha value is -7.09. The fourth-order valence-electron chi connectivity index (χ4n) is 9.76. The average molecular weight is 1340 g/mol. The Kier molecular flexibility index (Phi) is 27.4. The average Bonchev–Trinajstić information content (AvgIpc) is 2.17. The van der Waals surface area contributed by atoms with Crippen molar-refractivity contribution in [1.82, 2.24) is 25.9 Å². The van der Waals surface area contributed by atoms with E-state index in [9.17, 15) is 56.3 Å². The number of benzene rings is 4. The number of piperidine rings is 2. The molecule has 8 rings (SSSR count). The number of unbranched alkanes of at least 4 members (excludes halogenated alkanes) is 3. The number of nitrogens with two attached hydrogens (primary N) is 1. The van der Waals surface area contributed by atoms with Gasteiger partial charge in [0.2, 0.25) is 23.6 Å². The molecule has 0 spiro atoms. The Morgan fingerprint density at radius 3 is 1.45 bits per heavy atom. The Bertz CT molecular complexity index is 3160. The van der Waals surface area contributed by atoms with Crippen LogP contribution in [0.5, 0.6) is 0 Å². The van der Waals surface area contributed by atoms with Crippen molar-refractivity contribution < 1.29 is 89.6 Å². The zero-order chi connectivity index (χ0) is 63.0. The fourth-order valence-corrected chi connectivity index (χ4v) is 10.2. The lowest BCUT2D eigenvalue weighted by Gasteiger charge is -2.27. The van der Waals surface area contributed by atoms with Gasteiger partial charge < -0.3 is 39.5 Å². The van der Waals surface area contributed by atoms with E-state index in [0.29, 0.717) is 121 Å². The summed E-state index contributed by atoms with van der Waals surface area (Å²) in [6.45, 7) is 6.45. The van der Waals surface area contributed by atoms with Crippen LogP contribution in [0.3, 0.4) is 0 Å². The number of anilines is 2. The lowest BCUT2D eigenvalue weighted by atomic mass is 10.0. The molecule has 0 bridgehead atoms. The number of fused-ring (bicyclic) bond motifs is 2. The lowest BCUT2D eigenvalue weighted by molar-refractivity contribution is -0.137. The van der Waals surface area contributed by atoms with Gasteiger partial charge in [-0.15, -0.1) is 0 Å². The second-order valence-electron chi connectivity index (χ2n) is 20.6. The third-order valence-corrected chi connectivity index (χ3v) is 14.9. The first-order valence-corrected chi connectivity index (χ1v) is 30.1. The van der Waals surface area contributed by atoms with E-state index in [1.165, 1.54) is 12.1 Å². The van der Waals surface area contributed by atoms with Crippen molar-refractivity contribution in [3.05, 3.63) is 127 Å². The predicted molar refractivity (Wildman–Crippen MR) is 317 cm³/mol. The highest BCUT2D eigenvalue weighted by Gasteiger charge is 2.46. The normalized spacial score (nSPS) is 16.4. The second-order valence-corrected chi connectivity index (χ2v) is 21.8. The molecule has 6 N–H and O–H groups in total. The number of imide groups is 4. The molecule has 4 aromatic rings. The summed E-state index contributed by atoms with van der Waals surface area (Å²) in [5.74, 6) is -8.12. The summed E-state index contributed by atoms with van der Waals surface area (Å²) in [6, 6.07) is 14.3. The van der Waals surface area contributed by atoms with Crippen LogP contribution in [-0.4, -0.2) is 167 Å². The van der Waals surface area contributed by atoms with Crippen LogP contribution in [0.15, 0.2) is 66.7 Å². The monoisotopic (exact) mass is 1340 g/mol. The summed E-state index contributed by atoms with van der Waals surface area (Å²) < 4.78 is 76.3. The standard InChI is InChI=1S/C39H42F3IN4O9.C22H29N3O7/c40-29-11-10-27(35(34(29)42)44-31-12-8-25(43)23-30(31)41)36(49)46-56-17-4-2-1-3-15-53-18-20-55-21-19-54-16-5-6-24-7-9-26-28(22-24)39(52)47(38(26)51)32-13-14-33(48)45-37(32)50;23-7-9-31-11-13-32-12-10-30-8-1-2-15-3-4-16-17(14-15)22(29)25(21(16)28)18-5-6-19(26)24-20(18)27/h7-12,22-23,32,44H,1-6,13-21H2,(H,46,49)(H,45,48,50);3-4,14,18H,1-2,5-13,23H2,(H,24,26,27).